The molecule has 1 amide bonds. The zero-order valence-electron chi connectivity index (χ0n) is 17.8. The van der Waals surface area contributed by atoms with Crippen LogP contribution in [0.1, 0.15) is 22.0 Å². The van der Waals surface area contributed by atoms with E-state index in [0.29, 0.717) is 31.9 Å². The van der Waals surface area contributed by atoms with E-state index in [4.69, 9.17) is 9.47 Å². The number of carbonyl (C=O) groups excluding carboxylic acids is 3. The predicted octanol–water partition coefficient (Wildman–Crippen LogP) is -0.485. The summed E-state index contributed by atoms with van der Waals surface area (Å²) in [6.07, 6.45) is 3.37. The number of quaternary nitrogens is 1. The molecule has 0 aliphatic carbocycles. The Bertz CT molecular complexity index is 1010. The number of H-pyrrole nitrogens is 1. The maximum absolute atomic E-state index is 14.2. The van der Waals surface area contributed by atoms with Gasteiger partial charge in [-0.1, -0.05) is 0 Å². The third kappa shape index (κ3) is 4.26. The van der Waals surface area contributed by atoms with E-state index in [2.05, 4.69) is 4.98 Å². The van der Waals surface area contributed by atoms with Crippen molar-refractivity contribution in [2.45, 2.75) is 6.04 Å². The molecule has 1 aromatic carbocycles. The molecule has 9 heteroatoms. The van der Waals surface area contributed by atoms with E-state index < -0.39 is 35.3 Å². The zero-order chi connectivity index (χ0) is 22.7. The summed E-state index contributed by atoms with van der Waals surface area (Å²) in [6.45, 7) is 3.96. The number of amides is 1. The molecule has 8 nitrogen and oxygen atoms in total. The van der Waals surface area contributed by atoms with Crippen molar-refractivity contribution in [1.29, 1.82) is 0 Å². The number of carbonyl (C=O) groups is 3. The zero-order valence-corrected chi connectivity index (χ0v) is 17.8. The second kappa shape index (κ2) is 9.54. The van der Waals surface area contributed by atoms with Gasteiger partial charge in [0.15, 0.2) is 29.7 Å². The summed E-state index contributed by atoms with van der Waals surface area (Å²) < 4.78 is 24.5. The number of rotatable bonds is 7. The van der Waals surface area contributed by atoms with Gasteiger partial charge in [-0.05, 0) is 23.8 Å². The minimum Gasteiger partial charge on any atom is -0.494 e. The van der Waals surface area contributed by atoms with Crippen LogP contribution in [0.25, 0.3) is 0 Å². The number of aromatic amines is 1. The lowest BCUT2D eigenvalue weighted by Gasteiger charge is -2.29. The summed E-state index contributed by atoms with van der Waals surface area (Å²) in [7, 11) is 1.33. The van der Waals surface area contributed by atoms with E-state index in [1.165, 1.54) is 29.0 Å². The van der Waals surface area contributed by atoms with Crippen molar-refractivity contribution in [3.05, 3.63) is 59.7 Å². The van der Waals surface area contributed by atoms with Crippen molar-refractivity contribution in [2.24, 2.45) is 5.92 Å². The van der Waals surface area contributed by atoms with Crippen LogP contribution in [0.3, 0.4) is 0 Å². The Hall–Kier alpha value is -3.17. The molecule has 4 rings (SSSR count). The first kappa shape index (κ1) is 22.0. The summed E-state index contributed by atoms with van der Waals surface area (Å²) in [6, 6.07) is 6.56. The second-order valence-electron chi connectivity index (χ2n) is 7.94. The minimum absolute atomic E-state index is 0.000587. The lowest BCUT2D eigenvalue weighted by Crippen LogP contribution is -3.14. The number of methoxy groups -OCH3 is 1. The van der Waals surface area contributed by atoms with E-state index in [0.717, 1.165) is 19.2 Å². The lowest BCUT2D eigenvalue weighted by atomic mass is 9.86. The van der Waals surface area contributed by atoms with E-state index in [-0.39, 0.29) is 11.3 Å². The molecule has 2 aromatic rings. The van der Waals surface area contributed by atoms with Crippen LogP contribution in [0.4, 0.5) is 4.39 Å². The third-order valence-corrected chi connectivity index (χ3v) is 6.12. The van der Waals surface area contributed by atoms with Gasteiger partial charge in [0.1, 0.15) is 19.0 Å². The maximum Gasteiger partial charge on any atom is 0.291 e. The standard InChI is InChI=1S/C23H24FN3O5/c1-31-18-3-2-16(14-17(18)24)21(28)19-20(15-4-6-25-7-5-15)27(23(30)22(19)29)9-8-26-10-12-32-13-11-26/h2-7,14,19-20H,8-13H2,1H3/p+2. The van der Waals surface area contributed by atoms with Crippen LogP contribution in [0.2, 0.25) is 0 Å². The van der Waals surface area contributed by atoms with E-state index >= 15 is 0 Å². The number of Topliss-reactive ketones (excluding diaryl/α,β-unsaturated/α-hetero) is 2. The van der Waals surface area contributed by atoms with Crippen molar-refractivity contribution in [3.63, 3.8) is 0 Å². The second-order valence-corrected chi connectivity index (χ2v) is 7.94. The first-order valence-corrected chi connectivity index (χ1v) is 10.6. The van der Waals surface area contributed by atoms with Gasteiger partial charge in [0.05, 0.1) is 39.5 Å². The Morgan fingerprint density at radius 1 is 1.22 bits per heavy atom. The summed E-state index contributed by atoms with van der Waals surface area (Å²) in [4.78, 5) is 45.0. The van der Waals surface area contributed by atoms with Gasteiger partial charge in [-0.3, -0.25) is 14.4 Å². The maximum atomic E-state index is 14.2. The molecule has 2 atom stereocenters. The number of halogens is 1. The van der Waals surface area contributed by atoms with Crippen molar-refractivity contribution in [2.75, 3.05) is 46.5 Å². The van der Waals surface area contributed by atoms with Gasteiger partial charge in [-0.25, -0.2) is 9.37 Å². The minimum atomic E-state index is -1.24. The van der Waals surface area contributed by atoms with E-state index in [9.17, 15) is 18.8 Å². The first-order valence-electron chi connectivity index (χ1n) is 10.6. The Balaban J connectivity index is 1.65. The molecule has 2 aliphatic rings. The Labute approximate surface area is 184 Å². The fourth-order valence-electron chi connectivity index (χ4n) is 4.38. The largest absolute Gasteiger partial charge is 0.494 e. The number of nitrogens with one attached hydrogen (secondary N) is 2. The highest BCUT2D eigenvalue weighted by molar-refractivity contribution is 6.44. The molecule has 0 bridgehead atoms. The molecule has 32 heavy (non-hydrogen) atoms. The number of morpholine rings is 1. The van der Waals surface area contributed by atoms with Gasteiger partial charge >= 0.3 is 0 Å². The number of hydrogen-bond donors (Lipinski definition) is 1. The molecule has 2 aliphatic heterocycles. The number of ketones is 2. The Morgan fingerprint density at radius 3 is 2.59 bits per heavy atom. The monoisotopic (exact) mass is 443 g/mol. The molecule has 0 saturated carbocycles. The summed E-state index contributed by atoms with van der Waals surface area (Å²) >= 11 is 0. The van der Waals surface area contributed by atoms with Crippen molar-refractivity contribution in [1.82, 2.24) is 4.90 Å². The normalized spacial score (nSPS) is 21.8. The van der Waals surface area contributed by atoms with Crippen LogP contribution in [-0.2, 0) is 14.3 Å². The highest BCUT2D eigenvalue weighted by Gasteiger charge is 2.52. The number of nitrogens with zero attached hydrogens (tertiary/aromatic N) is 1. The van der Waals surface area contributed by atoms with Gasteiger partial charge in [0.25, 0.3) is 5.91 Å². The number of hydrogen-bond acceptors (Lipinski definition) is 5. The molecular formula is C23H26FN3O5+2. The van der Waals surface area contributed by atoms with Crippen LogP contribution in [0, 0.1) is 11.7 Å². The van der Waals surface area contributed by atoms with Crippen LogP contribution in [0.5, 0.6) is 5.75 Å². The van der Waals surface area contributed by atoms with Gasteiger partial charge in [-0.15, -0.1) is 0 Å². The predicted molar refractivity (Wildman–Crippen MR) is 110 cm³/mol. The van der Waals surface area contributed by atoms with E-state index in [1.54, 1.807) is 24.5 Å². The fourth-order valence-corrected chi connectivity index (χ4v) is 4.38. The topological polar surface area (TPSA) is 91.5 Å². The molecule has 2 N–H and O–H groups in total. The smallest absolute Gasteiger partial charge is 0.291 e. The molecular weight excluding hydrogens is 417 g/mol. The van der Waals surface area contributed by atoms with Gasteiger partial charge < -0.3 is 19.3 Å². The van der Waals surface area contributed by atoms with Crippen molar-refractivity contribution < 1.29 is 38.1 Å². The average molecular weight is 443 g/mol. The fraction of sp³-hybridized carbons (Fsp3) is 0.391. The van der Waals surface area contributed by atoms with Crippen molar-refractivity contribution in [3.8, 4) is 5.75 Å². The van der Waals surface area contributed by atoms with E-state index in [1.807, 2.05) is 0 Å². The molecule has 168 valence electrons. The average Bonchev–Trinajstić information content (AvgIpc) is 3.08. The molecule has 0 radical (unpaired) electrons. The van der Waals surface area contributed by atoms with Gasteiger partial charge in [0, 0.05) is 17.7 Å². The first-order chi connectivity index (χ1) is 15.5. The molecule has 0 spiro atoms. The third-order valence-electron chi connectivity index (χ3n) is 6.12. The van der Waals surface area contributed by atoms with Crippen LogP contribution >= 0.6 is 0 Å². The highest BCUT2D eigenvalue weighted by atomic mass is 19.1. The number of aromatic nitrogens is 1. The molecule has 2 fully saturated rings. The SMILES string of the molecule is COc1ccc(C(=O)C2C(=O)C(=O)N(CC[NH+]3CCOCC3)C2c2cc[nH+]cc2)cc1F. The molecule has 1 aromatic heterocycles. The molecule has 3 heterocycles. The number of likely N-dealkylation sites (tertiary alicyclic amines) is 1. The van der Waals surface area contributed by atoms with Gasteiger partial charge in [0.2, 0.25) is 5.78 Å². The van der Waals surface area contributed by atoms with Gasteiger partial charge in [-0.2, -0.15) is 0 Å². The Morgan fingerprint density at radius 2 is 1.94 bits per heavy atom. The van der Waals surface area contributed by atoms with Crippen LogP contribution in [-0.4, -0.2) is 68.9 Å². The quantitative estimate of drug-likeness (QED) is 0.355. The Kier molecular flexibility index (Phi) is 6.57. The summed E-state index contributed by atoms with van der Waals surface area (Å²) in [5.41, 5.74) is 0.704. The summed E-state index contributed by atoms with van der Waals surface area (Å²) in [5, 5.41) is 0. The lowest BCUT2D eigenvalue weighted by molar-refractivity contribution is -0.907. The molecule has 2 saturated heterocycles. The number of benzene rings is 1. The highest BCUT2D eigenvalue weighted by Crippen LogP contribution is 2.38. The number of pyridine rings is 1. The number of ether oxygens (including phenoxy) is 2. The molecule has 2 unspecified atom stereocenters. The van der Waals surface area contributed by atoms with Crippen molar-refractivity contribution >= 4 is 17.5 Å². The van der Waals surface area contributed by atoms with Crippen LogP contribution < -0.4 is 14.6 Å². The summed E-state index contributed by atoms with van der Waals surface area (Å²) in [5.74, 6) is -3.96. The van der Waals surface area contributed by atoms with Crippen LogP contribution in [0.15, 0.2) is 42.7 Å².